The van der Waals surface area contributed by atoms with Crippen LogP contribution in [0.4, 0.5) is 0 Å². The molecule has 2 rings (SSSR count). The summed E-state index contributed by atoms with van der Waals surface area (Å²) in [6.45, 7) is 3.27. The van der Waals surface area contributed by atoms with Crippen LogP contribution in [0.25, 0.3) is 0 Å². The van der Waals surface area contributed by atoms with Gasteiger partial charge in [0.05, 0.1) is 6.61 Å². The number of ether oxygens (including phenoxy) is 1. The van der Waals surface area contributed by atoms with E-state index in [9.17, 15) is 0 Å². The number of likely N-dealkylation sites (N-methyl/N-ethyl adjacent to an activating group) is 1. The summed E-state index contributed by atoms with van der Waals surface area (Å²) >= 11 is 3.46. The van der Waals surface area contributed by atoms with Crippen molar-refractivity contribution in [2.24, 2.45) is 11.7 Å². The molecule has 19 heavy (non-hydrogen) atoms. The maximum atomic E-state index is 5.91. The van der Waals surface area contributed by atoms with Crippen molar-refractivity contribution in [3.05, 3.63) is 34.3 Å². The first-order chi connectivity index (χ1) is 9.20. The highest BCUT2D eigenvalue weighted by Gasteiger charge is 2.21. The molecule has 3 nitrogen and oxygen atoms in total. The molecule has 0 saturated heterocycles. The third-order valence-electron chi connectivity index (χ3n) is 3.65. The first-order valence-corrected chi connectivity index (χ1v) is 7.73. The molecule has 106 valence electrons. The van der Waals surface area contributed by atoms with E-state index in [1.807, 2.05) is 0 Å². The number of hydrogen-bond donors (Lipinski definition) is 1. The molecule has 0 spiro atoms. The van der Waals surface area contributed by atoms with Crippen molar-refractivity contribution in [2.75, 3.05) is 33.4 Å². The molecule has 1 aliphatic rings. The second kappa shape index (κ2) is 7.39. The second-order valence-corrected chi connectivity index (χ2v) is 6.22. The van der Waals surface area contributed by atoms with Crippen LogP contribution in [0, 0.1) is 5.92 Å². The van der Waals surface area contributed by atoms with Gasteiger partial charge < -0.3 is 10.5 Å². The van der Waals surface area contributed by atoms with Crippen molar-refractivity contribution in [2.45, 2.75) is 18.9 Å². The molecule has 0 bridgehead atoms. The molecule has 1 aliphatic carbocycles. The lowest BCUT2D eigenvalue weighted by Crippen LogP contribution is -2.33. The van der Waals surface area contributed by atoms with E-state index in [0.717, 1.165) is 30.1 Å². The zero-order valence-corrected chi connectivity index (χ0v) is 13.1. The Morgan fingerprint density at radius 2 is 2.05 bits per heavy atom. The van der Waals surface area contributed by atoms with Crippen LogP contribution in [0.2, 0.25) is 0 Å². The quantitative estimate of drug-likeness (QED) is 0.746. The predicted molar refractivity (Wildman–Crippen MR) is 82.1 cm³/mol. The van der Waals surface area contributed by atoms with Gasteiger partial charge in [0.15, 0.2) is 0 Å². The molecule has 1 saturated carbocycles. The van der Waals surface area contributed by atoms with Crippen LogP contribution in [0.1, 0.15) is 24.4 Å². The van der Waals surface area contributed by atoms with Gasteiger partial charge in [-0.3, -0.25) is 4.90 Å². The minimum Gasteiger partial charge on any atom is -0.380 e. The van der Waals surface area contributed by atoms with Crippen molar-refractivity contribution in [3.8, 4) is 0 Å². The van der Waals surface area contributed by atoms with Crippen LogP contribution in [0.15, 0.2) is 28.7 Å². The van der Waals surface area contributed by atoms with Crippen LogP contribution < -0.4 is 5.73 Å². The molecule has 1 fully saturated rings. The second-order valence-electron chi connectivity index (χ2n) is 5.30. The lowest BCUT2D eigenvalue weighted by Gasteiger charge is -2.27. The van der Waals surface area contributed by atoms with Gasteiger partial charge in [0.25, 0.3) is 0 Å². The fourth-order valence-electron chi connectivity index (χ4n) is 2.15. The van der Waals surface area contributed by atoms with Crippen LogP contribution in [0.3, 0.4) is 0 Å². The van der Waals surface area contributed by atoms with Crippen molar-refractivity contribution in [3.63, 3.8) is 0 Å². The Hall–Kier alpha value is -0.420. The van der Waals surface area contributed by atoms with Gasteiger partial charge in [-0.05, 0) is 43.5 Å². The minimum atomic E-state index is 0.262. The van der Waals surface area contributed by atoms with E-state index in [2.05, 4.69) is 52.1 Å². The number of rotatable bonds is 8. The fourth-order valence-corrected chi connectivity index (χ4v) is 2.42. The Morgan fingerprint density at radius 3 is 2.63 bits per heavy atom. The Morgan fingerprint density at radius 1 is 1.37 bits per heavy atom. The molecule has 4 heteroatoms. The fraction of sp³-hybridized carbons (Fsp3) is 0.600. The van der Waals surface area contributed by atoms with E-state index in [-0.39, 0.29) is 6.04 Å². The van der Waals surface area contributed by atoms with E-state index in [1.165, 1.54) is 18.4 Å². The van der Waals surface area contributed by atoms with Gasteiger partial charge in [0.1, 0.15) is 0 Å². The number of halogens is 1. The monoisotopic (exact) mass is 326 g/mol. The van der Waals surface area contributed by atoms with Gasteiger partial charge in [0, 0.05) is 30.2 Å². The predicted octanol–water partition coefficient (Wildman–Crippen LogP) is 2.81. The lowest BCUT2D eigenvalue weighted by molar-refractivity contribution is 0.0922. The summed E-state index contributed by atoms with van der Waals surface area (Å²) in [5.41, 5.74) is 7.17. The number of nitrogens with two attached hydrogens (primary N) is 1. The van der Waals surface area contributed by atoms with Crippen LogP contribution in [-0.4, -0.2) is 38.3 Å². The molecule has 2 N–H and O–H groups in total. The Labute approximate surface area is 124 Å². The first-order valence-electron chi connectivity index (χ1n) is 6.94. The molecule has 1 atom stereocenters. The Kier molecular flexibility index (Phi) is 5.82. The van der Waals surface area contributed by atoms with Gasteiger partial charge in [-0.2, -0.15) is 0 Å². The smallest absolute Gasteiger partial charge is 0.0593 e. The molecule has 0 amide bonds. The summed E-state index contributed by atoms with van der Waals surface area (Å²) in [5, 5.41) is 0. The van der Waals surface area contributed by atoms with Gasteiger partial charge in [-0.15, -0.1) is 0 Å². The standard InChI is InChI=1S/C15H23BrN2O/c1-18(8-9-19-11-12-2-3-12)15(10-17)13-4-6-14(16)7-5-13/h4-7,12,15H,2-3,8-11,17H2,1H3. The summed E-state index contributed by atoms with van der Waals surface area (Å²) in [6.07, 6.45) is 2.69. The van der Waals surface area contributed by atoms with E-state index in [1.54, 1.807) is 0 Å². The molecule has 0 aliphatic heterocycles. The highest BCUT2D eigenvalue weighted by molar-refractivity contribution is 9.10. The molecule has 1 aromatic rings. The minimum absolute atomic E-state index is 0.262. The zero-order valence-electron chi connectivity index (χ0n) is 11.5. The molecule has 1 unspecified atom stereocenters. The molecule has 0 radical (unpaired) electrons. The maximum Gasteiger partial charge on any atom is 0.0593 e. The van der Waals surface area contributed by atoms with E-state index in [0.29, 0.717) is 6.54 Å². The zero-order chi connectivity index (χ0) is 13.7. The SMILES string of the molecule is CN(CCOCC1CC1)C(CN)c1ccc(Br)cc1. The van der Waals surface area contributed by atoms with Gasteiger partial charge in [0.2, 0.25) is 0 Å². The Balaban J connectivity index is 1.79. The lowest BCUT2D eigenvalue weighted by atomic mass is 10.1. The summed E-state index contributed by atoms with van der Waals surface area (Å²) in [5.74, 6) is 0.835. The van der Waals surface area contributed by atoms with Crippen molar-refractivity contribution in [1.82, 2.24) is 4.90 Å². The summed E-state index contributed by atoms with van der Waals surface area (Å²) in [7, 11) is 2.11. The topological polar surface area (TPSA) is 38.5 Å². The average molecular weight is 327 g/mol. The highest BCUT2D eigenvalue weighted by atomic mass is 79.9. The van der Waals surface area contributed by atoms with Crippen LogP contribution in [0.5, 0.6) is 0 Å². The molecule has 0 heterocycles. The normalized spacial score (nSPS) is 16.8. The van der Waals surface area contributed by atoms with E-state index in [4.69, 9.17) is 10.5 Å². The number of nitrogens with zero attached hydrogens (tertiary/aromatic N) is 1. The molecular formula is C15H23BrN2O. The van der Waals surface area contributed by atoms with Gasteiger partial charge in [-0.1, -0.05) is 28.1 Å². The van der Waals surface area contributed by atoms with Gasteiger partial charge >= 0.3 is 0 Å². The van der Waals surface area contributed by atoms with Gasteiger partial charge in [-0.25, -0.2) is 0 Å². The van der Waals surface area contributed by atoms with E-state index < -0.39 is 0 Å². The van der Waals surface area contributed by atoms with Crippen molar-refractivity contribution < 1.29 is 4.74 Å². The molecule has 0 aromatic heterocycles. The third-order valence-corrected chi connectivity index (χ3v) is 4.18. The van der Waals surface area contributed by atoms with Crippen LogP contribution >= 0.6 is 15.9 Å². The summed E-state index contributed by atoms with van der Waals surface area (Å²) in [4.78, 5) is 2.27. The van der Waals surface area contributed by atoms with Crippen molar-refractivity contribution >= 4 is 15.9 Å². The molecular weight excluding hydrogens is 304 g/mol. The maximum absolute atomic E-state index is 5.91. The Bertz CT molecular complexity index is 378. The number of benzene rings is 1. The van der Waals surface area contributed by atoms with Crippen molar-refractivity contribution in [1.29, 1.82) is 0 Å². The number of hydrogen-bond acceptors (Lipinski definition) is 3. The summed E-state index contributed by atoms with van der Waals surface area (Å²) in [6, 6.07) is 8.65. The van der Waals surface area contributed by atoms with E-state index >= 15 is 0 Å². The average Bonchev–Trinajstić information content (AvgIpc) is 3.22. The van der Waals surface area contributed by atoms with Crippen LogP contribution in [-0.2, 0) is 4.74 Å². The third kappa shape index (κ3) is 4.88. The molecule has 1 aromatic carbocycles. The largest absolute Gasteiger partial charge is 0.380 e. The highest BCUT2D eigenvalue weighted by Crippen LogP contribution is 2.28. The first kappa shape index (κ1) is 15.0. The summed E-state index contributed by atoms with van der Waals surface area (Å²) < 4.78 is 6.79.